The second-order valence-corrected chi connectivity index (χ2v) is 6.82. The molecule has 2 aliphatic rings. The zero-order chi connectivity index (χ0) is 14.2. The molecule has 0 bridgehead atoms. The van der Waals surface area contributed by atoms with E-state index in [4.69, 9.17) is 0 Å². The van der Waals surface area contributed by atoms with Crippen molar-refractivity contribution < 1.29 is 14.7 Å². The Labute approximate surface area is 115 Å². The molecule has 0 aromatic carbocycles. The Hall–Kier alpha value is -1.06. The Morgan fingerprint density at radius 3 is 2.00 bits per heavy atom. The number of aliphatic carboxylic acids is 1. The van der Waals surface area contributed by atoms with Crippen molar-refractivity contribution in [3.05, 3.63) is 0 Å². The molecule has 2 N–H and O–H groups in total. The maximum atomic E-state index is 12.2. The van der Waals surface area contributed by atoms with E-state index in [0.717, 1.165) is 0 Å². The number of rotatable bonds is 7. The van der Waals surface area contributed by atoms with Crippen LogP contribution in [0.4, 0.5) is 0 Å². The fraction of sp³-hybridized carbons (Fsp3) is 0.867. The summed E-state index contributed by atoms with van der Waals surface area (Å²) in [7, 11) is 0. The van der Waals surface area contributed by atoms with E-state index in [1.165, 1.54) is 25.7 Å². The van der Waals surface area contributed by atoms with Gasteiger partial charge in [-0.05, 0) is 50.4 Å². The standard InChI is InChI=1S/C15H25NO3/c1-9(2)15(3,14(18)19)8-12(17)16-13(10-4-5-10)11-6-7-11/h9-11,13H,4-8H2,1-3H3,(H,16,17)(H,18,19). The molecule has 2 aliphatic carbocycles. The molecule has 4 heteroatoms. The van der Waals surface area contributed by atoms with Gasteiger partial charge in [0, 0.05) is 12.5 Å². The third kappa shape index (κ3) is 3.28. The maximum Gasteiger partial charge on any atom is 0.310 e. The zero-order valence-corrected chi connectivity index (χ0v) is 12.1. The normalized spacial score (nSPS) is 22.4. The fourth-order valence-corrected chi connectivity index (χ4v) is 2.63. The molecule has 4 nitrogen and oxygen atoms in total. The van der Waals surface area contributed by atoms with Gasteiger partial charge in [0.2, 0.25) is 5.91 Å². The van der Waals surface area contributed by atoms with Crippen molar-refractivity contribution in [2.45, 2.75) is 58.9 Å². The molecule has 2 saturated carbocycles. The van der Waals surface area contributed by atoms with E-state index in [1.54, 1.807) is 6.92 Å². The number of carbonyl (C=O) groups excluding carboxylic acids is 1. The quantitative estimate of drug-likeness (QED) is 0.744. The number of hydrogen-bond acceptors (Lipinski definition) is 2. The van der Waals surface area contributed by atoms with Gasteiger partial charge in [-0.1, -0.05) is 13.8 Å². The van der Waals surface area contributed by atoms with Gasteiger partial charge in [-0.3, -0.25) is 9.59 Å². The Bertz CT molecular complexity index is 360. The highest BCUT2D eigenvalue weighted by Gasteiger charge is 2.44. The summed E-state index contributed by atoms with van der Waals surface area (Å²) < 4.78 is 0. The van der Waals surface area contributed by atoms with Gasteiger partial charge < -0.3 is 10.4 Å². The lowest BCUT2D eigenvalue weighted by molar-refractivity contribution is -0.153. The molecular formula is C15H25NO3. The molecule has 1 amide bonds. The molecule has 0 aromatic rings. The van der Waals surface area contributed by atoms with Crippen molar-refractivity contribution in [1.29, 1.82) is 0 Å². The number of amides is 1. The second-order valence-electron chi connectivity index (χ2n) is 6.82. The highest BCUT2D eigenvalue weighted by molar-refractivity contribution is 5.85. The van der Waals surface area contributed by atoms with E-state index >= 15 is 0 Å². The first kappa shape index (κ1) is 14.4. The summed E-state index contributed by atoms with van der Waals surface area (Å²) in [5, 5.41) is 12.5. The van der Waals surface area contributed by atoms with Crippen LogP contribution >= 0.6 is 0 Å². The topological polar surface area (TPSA) is 66.4 Å². The maximum absolute atomic E-state index is 12.2. The highest BCUT2D eigenvalue weighted by Crippen LogP contribution is 2.44. The first-order chi connectivity index (χ1) is 8.84. The van der Waals surface area contributed by atoms with Gasteiger partial charge in [0.25, 0.3) is 0 Å². The first-order valence-corrected chi connectivity index (χ1v) is 7.37. The van der Waals surface area contributed by atoms with Crippen molar-refractivity contribution in [2.24, 2.45) is 23.2 Å². The van der Waals surface area contributed by atoms with Crippen molar-refractivity contribution in [3.63, 3.8) is 0 Å². The van der Waals surface area contributed by atoms with Crippen LogP contribution in [0.3, 0.4) is 0 Å². The van der Waals surface area contributed by atoms with Crippen LogP contribution in [-0.2, 0) is 9.59 Å². The highest BCUT2D eigenvalue weighted by atomic mass is 16.4. The van der Waals surface area contributed by atoms with Crippen molar-refractivity contribution >= 4 is 11.9 Å². The molecule has 0 saturated heterocycles. The predicted octanol–water partition coefficient (Wildman–Crippen LogP) is 2.43. The second kappa shape index (κ2) is 5.14. The lowest BCUT2D eigenvalue weighted by Crippen LogP contribution is -2.43. The molecule has 1 unspecified atom stereocenters. The van der Waals surface area contributed by atoms with E-state index in [0.29, 0.717) is 17.9 Å². The van der Waals surface area contributed by atoms with Gasteiger partial charge >= 0.3 is 5.97 Å². The predicted molar refractivity (Wildman–Crippen MR) is 72.6 cm³/mol. The number of hydrogen-bond donors (Lipinski definition) is 2. The van der Waals surface area contributed by atoms with Crippen LogP contribution in [0.25, 0.3) is 0 Å². The van der Waals surface area contributed by atoms with Crippen LogP contribution in [0.2, 0.25) is 0 Å². The minimum Gasteiger partial charge on any atom is -0.481 e. The Balaban J connectivity index is 1.93. The van der Waals surface area contributed by atoms with E-state index in [2.05, 4.69) is 5.32 Å². The largest absolute Gasteiger partial charge is 0.481 e. The van der Waals surface area contributed by atoms with Gasteiger partial charge in [0.05, 0.1) is 5.41 Å². The Kier molecular flexibility index (Phi) is 3.88. The Morgan fingerprint density at radius 2 is 1.68 bits per heavy atom. The minimum absolute atomic E-state index is 0.0592. The molecule has 108 valence electrons. The van der Waals surface area contributed by atoms with Crippen molar-refractivity contribution in [1.82, 2.24) is 5.32 Å². The smallest absolute Gasteiger partial charge is 0.310 e. The molecule has 2 rings (SSSR count). The van der Waals surface area contributed by atoms with E-state index in [1.807, 2.05) is 13.8 Å². The van der Waals surface area contributed by atoms with Gasteiger partial charge in [0.1, 0.15) is 0 Å². The molecule has 2 fully saturated rings. The van der Waals surface area contributed by atoms with Gasteiger partial charge in [-0.25, -0.2) is 0 Å². The average molecular weight is 267 g/mol. The molecule has 0 spiro atoms. The zero-order valence-electron chi connectivity index (χ0n) is 12.1. The van der Waals surface area contributed by atoms with Crippen molar-refractivity contribution in [2.75, 3.05) is 0 Å². The van der Waals surface area contributed by atoms with Crippen LogP contribution in [0, 0.1) is 23.2 Å². The first-order valence-electron chi connectivity index (χ1n) is 7.37. The molecule has 0 radical (unpaired) electrons. The van der Waals surface area contributed by atoms with Crippen molar-refractivity contribution in [3.8, 4) is 0 Å². The number of carboxylic acid groups (broad SMARTS) is 1. The van der Waals surface area contributed by atoms with E-state index in [9.17, 15) is 14.7 Å². The van der Waals surface area contributed by atoms with Crippen LogP contribution in [-0.4, -0.2) is 23.0 Å². The fourth-order valence-electron chi connectivity index (χ4n) is 2.63. The summed E-state index contributed by atoms with van der Waals surface area (Å²) in [4.78, 5) is 23.6. The van der Waals surface area contributed by atoms with Crippen LogP contribution in [0.5, 0.6) is 0 Å². The molecule has 0 aliphatic heterocycles. The molecular weight excluding hydrogens is 242 g/mol. The third-order valence-electron chi connectivity index (χ3n) is 4.88. The SMILES string of the molecule is CC(C)C(C)(CC(=O)NC(C1CC1)C1CC1)C(=O)O. The summed E-state index contributed by atoms with van der Waals surface area (Å²) >= 11 is 0. The minimum atomic E-state index is -0.971. The summed E-state index contributed by atoms with van der Waals surface area (Å²) in [6.45, 7) is 5.39. The third-order valence-corrected chi connectivity index (χ3v) is 4.88. The summed E-state index contributed by atoms with van der Waals surface area (Å²) in [5.41, 5.74) is -0.971. The summed E-state index contributed by atoms with van der Waals surface area (Å²) in [5.74, 6) is 0.253. The number of carboxylic acids is 1. The lowest BCUT2D eigenvalue weighted by atomic mass is 9.76. The average Bonchev–Trinajstić information content (AvgIpc) is 3.15. The van der Waals surface area contributed by atoms with E-state index < -0.39 is 11.4 Å². The molecule has 1 atom stereocenters. The van der Waals surface area contributed by atoms with Gasteiger partial charge in [-0.2, -0.15) is 0 Å². The molecule has 0 heterocycles. The molecule has 19 heavy (non-hydrogen) atoms. The van der Waals surface area contributed by atoms with E-state index in [-0.39, 0.29) is 18.2 Å². The van der Waals surface area contributed by atoms with Gasteiger partial charge in [0.15, 0.2) is 0 Å². The monoisotopic (exact) mass is 267 g/mol. The van der Waals surface area contributed by atoms with Gasteiger partial charge in [-0.15, -0.1) is 0 Å². The Morgan fingerprint density at radius 1 is 1.21 bits per heavy atom. The van der Waals surface area contributed by atoms with Crippen LogP contribution in [0.15, 0.2) is 0 Å². The number of carbonyl (C=O) groups is 2. The van der Waals surface area contributed by atoms with Crippen LogP contribution < -0.4 is 5.32 Å². The molecule has 0 aromatic heterocycles. The lowest BCUT2D eigenvalue weighted by Gasteiger charge is -2.29. The number of nitrogens with one attached hydrogen (secondary N) is 1. The van der Waals surface area contributed by atoms with Crippen LogP contribution in [0.1, 0.15) is 52.9 Å². The summed E-state index contributed by atoms with van der Waals surface area (Å²) in [6, 6.07) is 0.303. The summed E-state index contributed by atoms with van der Waals surface area (Å²) in [6.07, 6.45) is 4.92.